The second-order valence-corrected chi connectivity index (χ2v) is 8.24. The Labute approximate surface area is 196 Å². The van der Waals surface area contributed by atoms with Crippen molar-refractivity contribution in [1.29, 1.82) is 0 Å². The SMILES string of the molecule is CCOC(=O)c1sc(NC(=S)Nc2ccc(C(=O)OC(C)C)cc2)c(C(=O)OCC)c1C. The number of hydrogen-bond donors (Lipinski definition) is 2. The Morgan fingerprint density at radius 1 is 0.969 bits per heavy atom. The third-order valence-electron chi connectivity index (χ3n) is 4.04. The van der Waals surface area contributed by atoms with E-state index in [4.69, 9.17) is 26.4 Å². The zero-order valence-electron chi connectivity index (χ0n) is 18.6. The van der Waals surface area contributed by atoms with Crippen molar-refractivity contribution in [3.8, 4) is 0 Å². The van der Waals surface area contributed by atoms with Crippen LogP contribution in [0, 0.1) is 6.92 Å². The predicted molar refractivity (Wildman–Crippen MR) is 128 cm³/mol. The van der Waals surface area contributed by atoms with Gasteiger partial charge in [-0.25, -0.2) is 14.4 Å². The van der Waals surface area contributed by atoms with Crippen molar-refractivity contribution >= 4 is 57.3 Å². The lowest BCUT2D eigenvalue weighted by molar-refractivity contribution is 0.0376. The van der Waals surface area contributed by atoms with E-state index in [1.807, 2.05) is 0 Å². The first-order valence-electron chi connectivity index (χ1n) is 10.0. The minimum atomic E-state index is -0.560. The number of thiophene rings is 1. The molecule has 2 N–H and O–H groups in total. The van der Waals surface area contributed by atoms with Crippen LogP contribution in [-0.2, 0) is 14.2 Å². The fourth-order valence-electron chi connectivity index (χ4n) is 2.68. The molecule has 0 spiro atoms. The molecule has 0 bridgehead atoms. The van der Waals surface area contributed by atoms with Crippen LogP contribution in [0.15, 0.2) is 24.3 Å². The Morgan fingerprint density at radius 2 is 1.56 bits per heavy atom. The second kappa shape index (κ2) is 11.6. The summed E-state index contributed by atoms with van der Waals surface area (Å²) in [5, 5.41) is 6.52. The first kappa shape index (κ1) is 25.3. The fourth-order valence-corrected chi connectivity index (χ4v) is 4.06. The topological polar surface area (TPSA) is 103 Å². The first-order valence-corrected chi connectivity index (χ1v) is 11.3. The van der Waals surface area contributed by atoms with Crippen LogP contribution in [0.5, 0.6) is 0 Å². The smallest absolute Gasteiger partial charge is 0.348 e. The molecular formula is C22H26N2O6S2. The van der Waals surface area contributed by atoms with Crippen molar-refractivity contribution in [1.82, 2.24) is 0 Å². The van der Waals surface area contributed by atoms with Crippen LogP contribution in [0.1, 0.15) is 63.6 Å². The summed E-state index contributed by atoms with van der Waals surface area (Å²) in [6, 6.07) is 6.60. The summed E-state index contributed by atoms with van der Waals surface area (Å²) in [6.45, 7) is 9.03. The monoisotopic (exact) mass is 478 g/mol. The molecule has 2 rings (SSSR count). The van der Waals surface area contributed by atoms with Gasteiger partial charge in [-0.2, -0.15) is 0 Å². The van der Waals surface area contributed by atoms with Crippen molar-refractivity contribution in [2.75, 3.05) is 23.8 Å². The number of thiocarbonyl (C=S) groups is 1. The minimum Gasteiger partial charge on any atom is -0.462 e. The third kappa shape index (κ3) is 6.51. The zero-order valence-corrected chi connectivity index (χ0v) is 20.2. The number of carbonyl (C=O) groups excluding carboxylic acids is 3. The van der Waals surface area contributed by atoms with Gasteiger partial charge in [0.05, 0.1) is 30.4 Å². The Balaban J connectivity index is 2.19. The molecule has 10 heteroatoms. The highest BCUT2D eigenvalue weighted by Gasteiger charge is 2.26. The molecule has 1 heterocycles. The van der Waals surface area contributed by atoms with Gasteiger partial charge in [0.2, 0.25) is 0 Å². The van der Waals surface area contributed by atoms with Crippen molar-refractivity contribution in [2.24, 2.45) is 0 Å². The standard InChI is InChI=1S/C22H26N2O6S2/c1-6-28-20(26)16-13(5)17(21(27)29-7-2)32-18(16)24-22(31)23-15-10-8-14(9-11-15)19(25)30-12(3)4/h8-12H,6-7H2,1-5H3,(H2,23,24,31). The highest BCUT2D eigenvalue weighted by atomic mass is 32.1. The van der Waals surface area contributed by atoms with Crippen LogP contribution in [0.25, 0.3) is 0 Å². The van der Waals surface area contributed by atoms with Crippen molar-refractivity contribution in [3.05, 3.63) is 45.8 Å². The van der Waals surface area contributed by atoms with Crippen molar-refractivity contribution in [2.45, 2.75) is 40.7 Å². The van der Waals surface area contributed by atoms with Gasteiger partial charge in [0, 0.05) is 5.69 Å². The van der Waals surface area contributed by atoms with Gasteiger partial charge in [-0.1, -0.05) is 0 Å². The van der Waals surface area contributed by atoms with Crippen LogP contribution < -0.4 is 10.6 Å². The molecule has 8 nitrogen and oxygen atoms in total. The minimum absolute atomic E-state index is 0.191. The summed E-state index contributed by atoms with van der Waals surface area (Å²) in [7, 11) is 0. The number of rotatable bonds is 8. The van der Waals surface area contributed by atoms with E-state index in [0.717, 1.165) is 11.3 Å². The van der Waals surface area contributed by atoms with Gasteiger partial charge >= 0.3 is 17.9 Å². The highest BCUT2D eigenvalue weighted by molar-refractivity contribution is 7.80. The third-order valence-corrected chi connectivity index (χ3v) is 5.43. The Bertz CT molecular complexity index is 999. The fraction of sp³-hybridized carbons (Fsp3) is 0.364. The molecule has 0 saturated heterocycles. The maximum absolute atomic E-state index is 12.5. The largest absolute Gasteiger partial charge is 0.462 e. The summed E-state index contributed by atoms with van der Waals surface area (Å²) in [4.78, 5) is 37.0. The van der Waals surface area contributed by atoms with E-state index in [0.29, 0.717) is 26.7 Å². The number of nitrogens with one attached hydrogen (secondary N) is 2. The molecular weight excluding hydrogens is 452 g/mol. The number of carbonyl (C=O) groups is 3. The van der Waals surface area contributed by atoms with Gasteiger partial charge < -0.3 is 24.8 Å². The van der Waals surface area contributed by atoms with E-state index in [-0.39, 0.29) is 30.0 Å². The Hall–Kier alpha value is -2.98. The van der Waals surface area contributed by atoms with Gasteiger partial charge in [-0.15, -0.1) is 11.3 Å². The zero-order chi connectivity index (χ0) is 23.8. The summed E-state index contributed by atoms with van der Waals surface area (Å²) in [6.07, 6.45) is -0.209. The van der Waals surface area contributed by atoms with E-state index < -0.39 is 17.9 Å². The molecule has 172 valence electrons. The average Bonchev–Trinajstić information content (AvgIpc) is 3.04. The van der Waals surface area contributed by atoms with Gasteiger partial charge in [0.15, 0.2) is 5.11 Å². The molecule has 0 fully saturated rings. The van der Waals surface area contributed by atoms with E-state index in [9.17, 15) is 14.4 Å². The lowest BCUT2D eigenvalue weighted by Crippen LogP contribution is -2.20. The molecule has 0 radical (unpaired) electrons. The summed E-state index contributed by atoms with van der Waals surface area (Å²) >= 11 is 6.43. The molecule has 2 aromatic rings. The summed E-state index contributed by atoms with van der Waals surface area (Å²) in [5.74, 6) is -1.49. The first-order chi connectivity index (χ1) is 15.2. The van der Waals surface area contributed by atoms with Crippen LogP contribution >= 0.6 is 23.6 Å². The van der Waals surface area contributed by atoms with E-state index >= 15 is 0 Å². The Kier molecular flexibility index (Phi) is 9.15. The Morgan fingerprint density at radius 3 is 2.12 bits per heavy atom. The molecule has 0 aliphatic heterocycles. The van der Waals surface area contributed by atoms with Crippen molar-refractivity contribution in [3.63, 3.8) is 0 Å². The maximum Gasteiger partial charge on any atom is 0.348 e. The maximum atomic E-state index is 12.5. The van der Waals surface area contributed by atoms with Crippen LogP contribution in [0.3, 0.4) is 0 Å². The molecule has 0 aliphatic rings. The van der Waals surface area contributed by atoms with Crippen LogP contribution in [0.4, 0.5) is 10.7 Å². The molecule has 0 atom stereocenters. The van der Waals surface area contributed by atoms with Gasteiger partial charge in [0.1, 0.15) is 9.88 Å². The lowest BCUT2D eigenvalue weighted by Gasteiger charge is -2.12. The van der Waals surface area contributed by atoms with E-state index in [1.54, 1.807) is 58.9 Å². The quantitative estimate of drug-likeness (QED) is 0.315. The average molecular weight is 479 g/mol. The molecule has 32 heavy (non-hydrogen) atoms. The van der Waals surface area contributed by atoms with Gasteiger partial charge in [0.25, 0.3) is 0 Å². The number of benzene rings is 1. The molecule has 0 amide bonds. The normalized spacial score (nSPS) is 10.4. The van der Waals surface area contributed by atoms with Crippen LogP contribution in [-0.4, -0.2) is 42.3 Å². The number of esters is 3. The van der Waals surface area contributed by atoms with Crippen LogP contribution in [0.2, 0.25) is 0 Å². The molecule has 0 aliphatic carbocycles. The lowest BCUT2D eigenvalue weighted by atomic mass is 10.1. The number of ether oxygens (including phenoxy) is 3. The number of hydrogen-bond acceptors (Lipinski definition) is 8. The van der Waals surface area contributed by atoms with Gasteiger partial charge in [-0.05, 0) is 76.7 Å². The molecule has 0 saturated carbocycles. The van der Waals surface area contributed by atoms with E-state index in [2.05, 4.69) is 10.6 Å². The predicted octanol–water partition coefficient (Wildman–Crippen LogP) is 4.78. The van der Waals surface area contributed by atoms with Crippen molar-refractivity contribution < 1.29 is 28.6 Å². The summed E-state index contributed by atoms with van der Waals surface area (Å²) < 4.78 is 15.4. The molecule has 1 aromatic heterocycles. The number of anilines is 2. The molecule has 0 unspecified atom stereocenters. The van der Waals surface area contributed by atoms with Gasteiger partial charge in [-0.3, -0.25) is 0 Å². The summed E-state index contributed by atoms with van der Waals surface area (Å²) in [5.41, 5.74) is 1.74. The highest BCUT2D eigenvalue weighted by Crippen LogP contribution is 2.34. The molecule has 1 aromatic carbocycles. The second-order valence-electron chi connectivity index (χ2n) is 6.81. The van der Waals surface area contributed by atoms with E-state index in [1.165, 1.54) is 0 Å².